The maximum absolute atomic E-state index is 13.5. The summed E-state index contributed by atoms with van der Waals surface area (Å²) >= 11 is 13.9. The molecule has 0 unspecified atom stereocenters. The number of thioether (sulfide) groups is 1. The van der Waals surface area contributed by atoms with Crippen molar-refractivity contribution < 1.29 is 65.7 Å². The summed E-state index contributed by atoms with van der Waals surface area (Å²) in [5.41, 5.74) is 2.44. The molecule has 70 heavy (non-hydrogen) atoms. The SMILES string of the molecule is COCCC(C)(C)OCCC(C)(C)OCCSCCOCCOCCOCCOCc1cc(OC)c(-c2ccc(C[C@H](NC(=O)[C@@H]3CCCN3S(=O)(=O)c3cc(Cl)cc(Cl)c3)C(=O)O)cc2)c(OC)c1. The van der Waals surface area contributed by atoms with Gasteiger partial charge in [0.25, 0.3) is 0 Å². The topological polar surface area (TPSA) is 187 Å². The van der Waals surface area contributed by atoms with E-state index >= 15 is 0 Å². The summed E-state index contributed by atoms with van der Waals surface area (Å²) in [6.45, 7) is 14.0. The van der Waals surface area contributed by atoms with Crippen LogP contribution in [-0.4, -0.2) is 158 Å². The lowest BCUT2D eigenvalue weighted by Crippen LogP contribution is -2.51. The van der Waals surface area contributed by atoms with E-state index in [1.807, 2.05) is 24.3 Å². The number of carboxylic acid groups (broad SMARTS) is 1. The molecule has 0 radical (unpaired) electrons. The summed E-state index contributed by atoms with van der Waals surface area (Å²) in [6.07, 6.45) is 2.27. The summed E-state index contributed by atoms with van der Waals surface area (Å²) in [7, 11) is 0.676. The van der Waals surface area contributed by atoms with Crippen LogP contribution in [0.5, 0.6) is 11.5 Å². The maximum atomic E-state index is 13.5. The number of carboxylic acids is 1. The highest BCUT2D eigenvalue weighted by molar-refractivity contribution is 7.99. The zero-order valence-electron chi connectivity index (χ0n) is 41.6. The Morgan fingerprint density at radius 1 is 0.743 bits per heavy atom. The van der Waals surface area contributed by atoms with Crippen molar-refractivity contribution >= 4 is 56.9 Å². The molecule has 3 aromatic carbocycles. The molecule has 0 bridgehead atoms. The fraction of sp³-hybridized carbons (Fsp3) is 0.600. The molecule has 4 rings (SSSR count). The Labute approximate surface area is 428 Å². The number of sulfonamides is 1. The van der Waals surface area contributed by atoms with Crippen molar-refractivity contribution in [3.05, 3.63) is 75.8 Å². The van der Waals surface area contributed by atoms with Gasteiger partial charge in [-0.3, -0.25) is 4.79 Å². The zero-order valence-corrected chi connectivity index (χ0v) is 44.7. The number of methoxy groups -OCH3 is 3. The van der Waals surface area contributed by atoms with Gasteiger partial charge in [-0.1, -0.05) is 47.5 Å². The molecule has 16 nitrogen and oxygen atoms in total. The van der Waals surface area contributed by atoms with Gasteiger partial charge in [-0.2, -0.15) is 16.1 Å². The first kappa shape index (κ1) is 59.3. The third kappa shape index (κ3) is 20.0. The molecular formula is C50H72Cl2N2O14S2. The number of nitrogens with one attached hydrogen (secondary N) is 1. The van der Waals surface area contributed by atoms with Crippen molar-refractivity contribution in [3.8, 4) is 22.6 Å². The molecule has 1 heterocycles. The minimum absolute atomic E-state index is 0.0503. The normalized spacial score (nSPS) is 15.0. The van der Waals surface area contributed by atoms with E-state index in [9.17, 15) is 23.1 Å². The van der Waals surface area contributed by atoms with Crippen LogP contribution in [0.3, 0.4) is 0 Å². The van der Waals surface area contributed by atoms with Gasteiger partial charge >= 0.3 is 5.97 Å². The summed E-state index contributed by atoms with van der Waals surface area (Å²) in [6, 6.07) is 12.4. The van der Waals surface area contributed by atoms with Crippen molar-refractivity contribution in [2.24, 2.45) is 0 Å². The highest BCUT2D eigenvalue weighted by Gasteiger charge is 2.41. The number of benzene rings is 3. The standard InChI is InChI=1S/C50H72Cl2N2O14S2/c1-49(2,14-17-60-5)67-18-15-50(3,4)68-26-28-69-27-25-65-22-21-63-19-20-64-23-24-66-35-37-30-44(61-6)46(45(31-37)62-7)38-12-10-36(11-13-38)29-42(48(56)57)53-47(55)43-9-8-16-54(43)70(58,59)41-33-39(51)32-40(52)34-41/h10-13,30-34,42-43H,8-9,14-29,35H2,1-7H3,(H,53,55)(H,56,57)/t42-,43-/m0/s1. The monoisotopic (exact) mass is 1060 g/mol. The molecule has 1 aliphatic rings. The summed E-state index contributed by atoms with van der Waals surface area (Å²) in [5.74, 6) is 0.918. The molecule has 2 atom stereocenters. The second-order valence-corrected chi connectivity index (χ2v) is 21.8. The minimum Gasteiger partial charge on any atom is -0.496 e. The molecule has 3 aromatic rings. The first-order chi connectivity index (χ1) is 33.4. The lowest BCUT2D eigenvalue weighted by atomic mass is 9.98. The van der Waals surface area contributed by atoms with Crippen molar-refractivity contribution in [1.82, 2.24) is 9.62 Å². The number of carbonyl (C=O) groups excluding carboxylic acids is 1. The van der Waals surface area contributed by atoms with Gasteiger partial charge in [0.2, 0.25) is 15.9 Å². The minimum atomic E-state index is -4.15. The van der Waals surface area contributed by atoms with E-state index in [4.69, 9.17) is 65.8 Å². The number of halogens is 2. The third-order valence-corrected chi connectivity index (χ3v) is 14.6. The Kier molecular flexibility index (Phi) is 25.5. The van der Waals surface area contributed by atoms with Crippen molar-refractivity contribution in [1.29, 1.82) is 0 Å². The molecule has 2 N–H and O–H groups in total. The Bertz CT molecular complexity index is 2140. The average Bonchev–Trinajstić information content (AvgIpc) is 3.83. The maximum Gasteiger partial charge on any atom is 0.326 e. The number of hydrogen-bond acceptors (Lipinski definition) is 14. The van der Waals surface area contributed by atoms with Crippen LogP contribution in [0.1, 0.15) is 64.5 Å². The summed E-state index contributed by atoms with van der Waals surface area (Å²) in [5, 5.41) is 12.9. The average molecular weight is 1060 g/mol. The van der Waals surface area contributed by atoms with Gasteiger partial charge in [0.1, 0.15) is 23.6 Å². The Hall–Kier alpha value is -3.24. The van der Waals surface area contributed by atoms with Crippen LogP contribution >= 0.6 is 35.0 Å². The van der Waals surface area contributed by atoms with E-state index < -0.39 is 34.0 Å². The number of hydrogen-bond donors (Lipinski definition) is 2. The molecule has 20 heteroatoms. The van der Waals surface area contributed by atoms with Crippen LogP contribution in [0, 0.1) is 0 Å². The Balaban J connectivity index is 1.11. The first-order valence-corrected chi connectivity index (χ1v) is 26.8. The van der Waals surface area contributed by atoms with Crippen LogP contribution in [-0.2, 0) is 65.8 Å². The van der Waals surface area contributed by atoms with Gasteiger partial charge in [-0.15, -0.1) is 0 Å². The molecular weight excluding hydrogens is 988 g/mol. The molecule has 1 fully saturated rings. The van der Waals surface area contributed by atoms with E-state index in [2.05, 4.69) is 33.0 Å². The van der Waals surface area contributed by atoms with Crippen molar-refractivity contribution in [3.63, 3.8) is 0 Å². The zero-order chi connectivity index (χ0) is 51.2. The van der Waals surface area contributed by atoms with Gasteiger partial charge in [0, 0.05) is 48.2 Å². The number of amides is 1. The lowest BCUT2D eigenvalue weighted by Gasteiger charge is -2.29. The molecule has 392 valence electrons. The summed E-state index contributed by atoms with van der Waals surface area (Å²) in [4.78, 5) is 25.7. The fourth-order valence-corrected chi connectivity index (χ4v) is 10.5. The van der Waals surface area contributed by atoms with E-state index in [-0.39, 0.29) is 52.1 Å². The van der Waals surface area contributed by atoms with Crippen LogP contribution < -0.4 is 14.8 Å². The number of rotatable bonds is 35. The van der Waals surface area contributed by atoms with Gasteiger partial charge in [-0.25, -0.2) is 13.2 Å². The number of ether oxygens (including phenoxy) is 9. The van der Waals surface area contributed by atoms with E-state index in [0.717, 1.165) is 39.8 Å². The highest BCUT2D eigenvalue weighted by Crippen LogP contribution is 2.40. The van der Waals surface area contributed by atoms with E-state index in [0.29, 0.717) is 95.1 Å². The third-order valence-electron chi connectivity index (χ3n) is 11.4. The number of nitrogens with zero attached hydrogens (tertiary/aromatic N) is 1. The molecule has 0 aliphatic carbocycles. The quantitative estimate of drug-likeness (QED) is 0.0540. The van der Waals surface area contributed by atoms with Gasteiger partial charge in [0.05, 0.1) is 102 Å². The molecule has 1 amide bonds. The Morgan fingerprint density at radius 3 is 1.86 bits per heavy atom. The van der Waals surface area contributed by atoms with Crippen LogP contribution in [0.25, 0.3) is 11.1 Å². The van der Waals surface area contributed by atoms with Crippen LogP contribution in [0.4, 0.5) is 0 Å². The Morgan fingerprint density at radius 2 is 1.29 bits per heavy atom. The van der Waals surface area contributed by atoms with E-state index in [1.54, 1.807) is 45.2 Å². The second-order valence-electron chi connectivity index (χ2n) is 17.8. The van der Waals surface area contributed by atoms with Gasteiger partial charge in [-0.05, 0) is 100 Å². The molecule has 0 aromatic heterocycles. The predicted molar refractivity (Wildman–Crippen MR) is 272 cm³/mol. The highest BCUT2D eigenvalue weighted by atomic mass is 35.5. The predicted octanol–water partition coefficient (Wildman–Crippen LogP) is 7.96. The molecule has 0 spiro atoms. The molecule has 0 saturated carbocycles. The van der Waals surface area contributed by atoms with Gasteiger partial charge in [0.15, 0.2) is 0 Å². The number of aliphatic carboxylic acids is 1. The largest absolute Gasteiger partial charge is 0.496 e. The molecule has 1 aliphatic heterocycles. The molecule has 1 saturated heterocycles. The second kappa shape index (κ2) is 30.1. The van der Waals surface area contributed by atoms with E-state index in [1.165, 1.54) is 18.2 Å². The fourth-order valence-electron chi connectivity index (χ4n) is 7.46. The summed E-state index contributed by atoms with van der Waals surface area (Å²) < 4.78 is 79.8. The lowest BCUT2D eigenvalue weighted by molar-refractivity contribution is -0.142. The first-order valence-electron chi connectivity index (χ1n) is 23.4. The van der Waals surface area contributed by atoms with Crippen molar-refractivity contribution in [2.75, 3.05) is 105 Å². The number of carbonyl (C=O) groups is 2. The van der Waals surface area contributed by atoms with Crippen molar-refractivity contribution in [2.45, 2.75) is 94.6 Å². The van der Waals surface area contributed by atoms with Crippen LogP contribution in [0.15, 0.2) is 59.5 Å². The smallest absolute Gasteiger partial charge is 0.326 e. The van der Waals surface area contributed by atoms with Crippen LogP contribution in [0.2, 0.25) is 10.0 Å². The van der Waals surface area contributed by atoms with Gasteiger partial charge < -0.3 is 53.1 Å².